The van der Waals surface area contributed by atoms with Crippen molar-refractivity contribution in [3.05, 3.63) is 57.8 Å². The van der Waals surface area contributed by atoms with Gasteiger partial charge in [0.15, 0.2) is 0 Å². The second kappa shape index (κ2) is 8.86. The van der Waals surface area contributed by atoms with Gasteiger partial charge in [-0.1, -0.05) is 11.6 Å². The van der Waals surface area contributed by atoms with E-state index in [-0.39, 0.29) is 18.6 Å². The first kappa shape index (κ1) is 19.8. The van der Waals surface area contributed by atoms with Gasteiger partial charge in [0, 0.05) is 17.5 Å². The van der Waals surface area contributed by atoms with Crippen LogP contribution in [0.25, 0.3) is 10.6 Å². The summed E-state index contributed by atoms with van der Waals surface area (Å²) in [4.78, 5) is 17.1. The lowest BCUT2D eigenvalue weighted by atomic mass is 10.1. The van der Waals surface area contributed by atoms with Gasteiger partial charge in [0.25, 0.3) is 5.91 Å². The summed E-state index contributed by atoms with van der Waals surface area (Å²) >= 11 is 7.38. The lowest BCUT2D eigenvalue weighted by Gasteiger charge is -2.14. The van der Waals surface area contributed by atoms with Gasteiger partial charge in [0.2, 0.25) is 0 Å². The number of aromatic nitrogens is 3. The predicted molar refractivity (Wildman–Crippen MR) is 110 cm³/mol. The number of nitrogens with zero attached hydrogens (tertiary/aromatic N) is 3. The van der Waals surface area contributed by atoms with Crippen molar-refractivity contribution >= 4 is 28.8 Å². The average molecular weight is 431 g/mol. The molecular weight excluding hydrogens is 412 g/mol. The van der Waals surface area contributed by atoms with E-state index in [1.807, 2.05) is 25.1 Å². The molecule has 1 fully saturated rings. The SMILES string of the molecule is Cc1ccc(CNC(=O)c2cc(O[C@@H]3CCOC3)cc(-c3ncc(Cl)s3)c2)nn1. The van der Waals surface area contributed by atoms with Crippen LogP contribution in [0.3, 0.4) is 0 Å². The molecular formula is C20H19ClN4O3S. The first-order valence-electron chi connectivity index (χ1n) is 9.15. The highest BCUT2D eigenvalue weighted by molar-refractivity contribution is 7.18. The number of aryl methyl sites for hydroxylation is 1. The van der Waals surface area contributed by atoms with Gasteiger partial charge in [-0.25, -0.2) is 4.98 Å². The van der Waals surface area contributed by atoms with Crippen LogP contribution in [0.15, 0.2) is 36.5 Å². The second-order valence-corrected chi connectivity index (χ2v) is 8.33. The van der Waals surface area contributed by atoms with Crippen LogP contribution < -0.4 is 10.1 Å². The molecule has 7 nitrogen and oxygen atoms in total. The van der Waals surface area contributed by atoms with Gasteiger partial charge in [-0.05, 0) is 37.3 Å². The topological polar surface area (TPSA) is 86.2 Å². The highest BCUT2D eigenvalue weighted by Crippen LogP contribution is 2.32. The number of halogens is 1. The molecule has 0 bridgehead atoms. The Bertz CT molecular complexity index is 1000. The van der Waals surface area contributed by atoms with Crippen LogP contribution in [0.2, 0.25) is 4.34 Å². The number of nitrogens with one attached hydrogen (secondary N) is 1. The molecule has 1 N–H and O–H groups in total. The second-order valence-electron chi connectivity index (χ2n) is 6.67. The minimum Gasteiger partial charge on any atom is -0.488 e. The van der Waals surface area contributed by atoms with E-state index in [1.54, 1.807) is 18.3 Å². The average Bonchev–Trinajstić information content (AvgIpc) is 3.39. The maximum atomic E-state index is 12.8. The summed E-state index contributed by atoms with van der Waals surface area (Å²) in [5.74, 6) is 0.369. The number of ether oxygens (including phenoxy) is 2. The van der Waals surface area contributed by atoms with E-state index in [1.165, 1.54) is 11.3 Å². The molecule has 2 aromatic heterocycles. The molecule has 1 saturated heterocycles. The van der Waals surface area contributed by atoms with Crippen molar-refractivity contribution < 1.29 is 14.3 Å². The highest BCUT2D eigenvalue weighted by Gasteiger charge is 2.19. The van der Waals surface area contributed by atoms with Crippen LogP contribution in [0.1, 0.15) is 28.2 Å². The van der Waals surface area contributed by atoms with Crippen molar-refractivity contribution in [3.8, 4) is 16.3 Å². The number of carbonyl (C=O) groups is 1. The molecule has 1 amide bonds. The summed E-state index contributed by atoms with van der Waals surface area (Å²) in [5.41, 5.74) is 2.76. The third-order valence-electron chi connectivity index (χ3n) is 4.37. The summed E-state index contributed by atoms with van der Waals surface area (Å²) in [6, 6.07) is 9.08. The Balaban J connectivity index is 1.56. The fourth-order valence-corrected chi connectivity index (χ4v) is 3.80. The van der Waals surface area contributed by atoms with Crippen LogP contribution in [0, 0.1) is 6.92 Å². The molecule has 1 aromatic carbocycles. The largest absolute Gasteiger partial charge is 0.488 e. The van der Waals surface area contributed by atoms with E-state index in [0.717, 1.165) is 22.7 Å². The van der Waals surface area contributed by atoms with Gasteiger partial charge in [0.1, 0.15) is 21.2 Å². The van der Waals surface area contributed by atoms with Gasteiger partial charge >= 0.3 is 0 Å². The molecule has 0 spiro atoms. The molecule has 0 unspecified atom stereocenters. The first-order valence-corrected chi connectivity index (χ1v) is 10.3. The highest BCUT2D eigenvalue weighted by atomic mass is 35.5. The Hall–Kier alpha value is -2.55. The predicted octanol–water partition coefficient (Wildman–Crippen LogP) is 3.66. The fraction of sp³-hybridized carbons (Fsp3) is 0.300. The van der Waals surface area contributed by atoms with E-state index in [0.29, 0.717) is 34.6 Å². The molecule has 4 rings (SSSR count). The Morgan fingerprint density at radius 3 is 2.93 bits per heavy atom. The van der Waals surface area contributed by atoms with Gasteiger partial charge in [-0.2, -0.15) is 10.2 Å². The van der Waals surface area contributed by atoms with Crippen molar-refractivity contribution in [1.82, 2.24) is 20.5 Å². The first-order chi connectivity index (χ1) is 14.1. The molecule has 0 radical (unpaired) electrons. The van der Waals surface area contributed by atoms with Gasteiger partial charge in [-0.3, -0.25) is 4.79 Å². The summed E-state index contributed by atoms with van der Waals surface area (Å²) < 4.78 is 12.0. The van der Waals surface area contributed by atoms with E-state index in [4.69, 9.17) is 21.1 Å². The van der Waals surface area contributed by atoms with Gasteiger partial charge in [0.05, 0.1) is 37.3 Å². The molecule has 0 saturated carbocycles. The zero-order valence-corrected chi connectivity index (χ0v) is 17.3. The maximum absolute atomic E-state index is 12.8. The summed E-state index contributed by atoms with van der Waals surface area (Å²) in [6.07, 6.45) is 2.39. The van der Waals surface area contributed by atoms with Crippen molar-refractivity contribution in [1.29, 1.82) is 0 Å². The molecule has 3 aromatic rings. The zero-order chi connectivity index (χ0) is 20.2. The molecule has 1 aliphatic heterocycles. The van der Waals surface area contributed by atoms with Crippen LogP contribution in [-0.4, -0.2) is 40.4 Å². The lowest BCUT2D eigenvalue weighted by Crippen LogP contribution is -2.24. The molecule has 9 heteroatoms. The number of benzene rings is 1. The Kier molecular flexibility index (Phi) is 6.03. The number of amides is 1. The van der Waals surface area contributed by atoms with Crippen LogP contribution in [-0.2, 0) is 11.3 Å². The standard InChI is InChI=1S/C20H19ClN4O3S/c1-12-2-3-15(25-24-12)9-22-19(26)13-6-14(20-23-10-18(21)29-20)8-17(7-13)28-16-4-5-27-11-16/h2-3,6-8,10,16H,4-5,9,11H2,1H3,(H,22,26)/t16-/m1/s1. The third kappa shape index (κ3) is 5.09. The summed E-state index contributed by atoms with van der Waals surface area (Å²) in [6.45, 7) is 3.37. The number of rotatable bonds is 6. The molecule has 150 valence electrons. The van der Waals surface area contributed by atoms with Crippen molar-refractivity contribution in [2.75, 3.05) is 13.2 Å². The van der Waals surface area contributed by atoms with Crippen molar-refractivity contribution in [3.63, 3.8) is 0 Å². The molecule has 29 heavy (non-hydrogen) atoms. The van der Waals surface area contributed by atoms with E-state index < -0.39 is 0 Å². The Morgan fingerprint density at radius 1 is 1.34 bits per heavy atom. The summed E-state index contributed by atoms with van der Waals surface area (Å²) in [5, 5.41) is 11.7. The minimum absolute atomic E-state index is 0.0242. The maximum Gasteiger partial charge on any atom is 0.251 e. The van der Waals surface area contributed by atoms with Gasteiger partial charge < -0.3 is 14.8 Å². The number of hydrogen-bond donors (Lipinski definition) is 1. The lowest BCUT2D eigenvalue weighted by molar-refractivity contribution is 0.0949. The molecule has 1 atom stereocenters. The van der Waals surface area contributed by atoms with E-state index in [9.17, 15) is 4.79 Å². The monoisotopic (exact) mass is 430 g/mol. The number of thiazole rings is 1. The van der Waals surface area contributed by atoms with E-state index in [2.05, 4.69) is 20.5 Å². The van der Waals surface area contributed by atoms with Gasteiger partial charge in [-0.15, -0.1) is 11.3 Å². The molecule has 1 aliphatic rings. The molecule has 0 aliphatic carbocycles. The number of carbonyl (C=O) groups excluding carboxylic acids is 1. The normalized spacial score (nSPS) is 16.0. The number of hydrogen-bond acceptors (Lipinski definition) is 7. The Labute approximate surface area is 177 Å². The summed E-state index contributed by atoms with van der Waals surface area (Å²) in [7, 11) is 0. The van der Waals surface area contributed by atoms with Crippen LogP contribution >= 0.6 is 22.9 Å². The zero-order valence-electron chi connectivity index (χ0n) is 15.7. The van der Waals surface area contributed by atoms with Crippen molar-refractivity contribution in [2.45, 2.75) is 26.0 Å². The van der Waals surface area contributed by atoms with Crippen LogP contribution in [0.4, 0.5) is 0 Å². The van der Waals surface area contributed by atoms with Crippen molar-refractivity contribution in [2.24, 2.45) is 0 Å². The Morgan fingerprint density at radius 2 is 2.24 bits per heavy atom. The quantitative estimate of drug-likeness (QED) is 0.642. The smallest absolute Gasteiger partial charge is 0.251 e. The van der Waals surface area contributed by atoms with E-state index >= 15 is 0 Å². The third-order valence-corrected chi connectivity index (χ3v) is 5.53. The fourth-order valence-electron chi connectivity index (χ4n) is 2.90. The minimum atomic E-state index is -0.232. The molecule has 3 heterocycles. The van der Waals surface area contributed by atoms with Crippen LogP contribution in [0.5, 0.6) is 5.75 Å².